The second-order valence-electron chi connectivity index (χ2n) is 7.59. The highest BCUT2D eigenvalue weighted by molar-refractivity contribution is 5.93. The summed E-state index contributed by atoms with van der Waals surface area (Å²) in [7, 11) is 5.19. The molecule has 3 rings (SSSR count). The number of rotatable bonds is 8. The summed E-state index contributed by atoms with van der Waals surface area (Å²) >= 11 is 0. The van der Waals surface area contributed by atoms with E-state index in [1.807, 2.05) is 43.1 Å². The Morgan fingerprint density at radius 2 is 1.86 bits per heavy atom. The third kappa shape index (κ3) is 5.41. The molecule has 29 heavy (non-hydrogen) atoms. The van der Waals surface area contributed by atoms with E-state index in [0.717, 1.165) is 41.4 Å². The van der Waals surface area contributed by atoms with Crippen LogP contribution in [0.3, 0.4) is 0 Å². The van der Waals surface area contributed by atoms with Gasteiger partial charge in [-0.25, -0.2) is 0 Å². The number of hydrogen-bond acceptors (Lipinski definition) is 5. The minimum absolute atomic E-state index is 0.0306. The second kappa shape index (κ2) is 9.65. The zero-order chi connectivity index (χ0) is 20.8. The lowest BCUT2D eigenvalue weighted by atomic mass is 10.1. The molecule has 1 fully saturated rings. The number of ether oxygens (including phenoxy) is 2. The third-order valence-electron chi connectivity index (χ3n) is 5.30. The van der Waals surface area contributed by atoms with Crippen LogP contribution in [-0.4, -0.2) is 51.7 Å². The number of amides is 1. The van der Waals surface area contributed by atoms with Crippen molar-refractivity contribution in [3.05, 3.63) is 47.5 Å². The summed E-state index contributed by atoms with van der Waals surface area (Å²) in [5, 5.41) is 3.04. The minimum atomic E-state index is -0.0306. The molecule has 1 saturated heterocycles. The Balaban J connectivity index is 1.57. The molecular weight excluding hydrogens is 366 g/mol. The van der Waals surface area contributed by atoms with Gasteiger partial charge in [-0.3, -0.25) is 9.69 Å². The van der Waals surface area contributed by atoms with Gasteiger partial charge in [0.1, 0.15) is 11.5 Å². The van der Waals surface area contributed by atoms with Crippen molar-refractivity contribution >= 4 is 17.3 Å². The molecular formula is C23H31N3O3. The standard InChI is InChI=1S/C23H31N3O3/c1-17-13-19(26-11-5-6-12-26)8-10-21(17)24-23(27)16-25(2)15-18-7-9-20(28-3)14-22(18)29-4/h7-10,13-14H,5-6,11-12,15-16H2,1-4H3,(H,24,27). The second-order valence-corrected chi connectivity index (χ2v) is 7.59. The van der Waals surface area contributed by atoms with Crippen LogP contribution in [0, 0.1) is 6.92 Å². The number of benzene rings is 2. The average molecular weight is 398 g/mol. The molecule has 1 N–H and O–H groups in total. The van der Waals surface area contributed by atoms with Gasteiger partial charge in [-0.05, 0) is 56.6 Å². The molecule has 6 heteroatoms. The average Bonchev–Trinajstić information content (AvgIpc) is 3.24. The van der Waals surface area contributed by atoms with Gasteiger partial charge < -0.3 is 19.7 Å². The minimum Gasteiger partial charge on any atom is -0.497 e. The number of carbonyl (C=O) groups excluding carboxylic acids is 1. The van der Waals surface area contributed by atoms with E-state index in [4.69, 9.17) is 9.47 Å². The number of likely N-dealkylation sites (N-methyl/N-ethyl adjacent to an activating group) is 1. The SMILES string of the molecule is COc1ccc(CN(C)CC(=O)Nc2ccc(N3CCCC3)cc2C)c(OC)c1. The van der Waals surface area contributed by atoms with E-state index in [1.165, 1.54) is 18.5 Å². The van der Waals surface area contributed by atoms with Crippen molar-refractivity contribution in [2.24, 2.45) is 0 Å². The van der Waals surface area contributed by atoms with Crippen molar-refractivity contribution in [1.82, 2.24) is 4.90 Å². The molecule has 2 aromatic rings. The molecule has 0 aromatic heterocycles. The molecule has 6 nitrogen and oxygen atoms in total. The van der Waals surface area contributed by atoms with Crippen LogP contribution in [0.25, 0.3) is 0 Å². The maximum atomic E-state index is 12.5. The summed E-state index contributed by atoms with van der Waals surface area (Å²) in [5.41, 5.74) is 4.20. The lowest BCUT2D eigenvalue weighted by Crippen LogP contribution is -2.30. The van der Waals surface area contributed by atoms with Gasteiger partial charge in [0.05, 0.1) is 20.8 Å². The molecule has 0 saturated carbocycles. The molecule has 1 aliphatic rings. The molecule has 0 unspecified atom stereocenters. The number of aryl methyl sites for hydroxylation is 1. The Kier molecular flexibility index (Phi) is 6.99. The lowest BCUT2D eigenvalue weighted by Gasteiger charge is -2.21. The van der Waals surface area contributed by atoms with Crippen LogP contribution in [0.5, 0.6) is 11.5 Å². The largest absolute Gasteiger partial charge is 0.497 e. The lowest BCUT2D eigenvalue weighted by molar-refractivity contribution is -0.117. The number of anilines is 2. The highest BCUT2D eigenvalue weighted by Gasteiger charge is 2.15. The molecule has 0 aliphatic carbocycles. The van der Waals surface area contributed by atoms with E-state index in [2.05, 4.69) is 22.3 Å². The monoisotopic (exact) mass is 397 g/mol. The summed E-state index contributed by atoms with van der Waals surface area (Å²) in [6.45, 7) is 5.17. The number of nitrogens with one attached hydrogen (secondary N) is 1. The van der Waals surface area contributed by atoms with Crippen LogP contribution in [0.2, 0.25) is 0 Å². The predicted octanol–water partition coefficient (Wildman–Crippen LogP) is 3.68. The number of carbonyl (C=O) groups is 1. The fourth-order valence-electron chi connectivity index (χ4n) is 3.72. The quantitative estimate of drug-likeness (QED) is 0.736. The predicted molar refractivity (Wildman–Crippen MR) is 117 cm³/mol. The first-order chi connectivity index (χ1) is 14.0. The highest BCUT2D eigenvalue weighted by atomic mass is 16.5. The van der Waals surface area contributed by atoms with Crippen LogP contribution in [0.4, 0.5) is 11.4 Å². The maximum Gasteiger partial charge on any atom is 0.238 e. The Morgan fingerprint density at radius 1 is 1.10 bits per heavy atom. The highest BCUT2D eigenvalue weighted by Crippen LogP contribution is 2.27. The molecule has 0 spiro atoms. The van der Waals surface area contributed by atoms with Gasteiger partial charge in [0.25, 0.3) is 0 Å². The van der Waals surface area contributed by atoms with E-state index in [-0.39, 0.29) is 5.91 Å². The van der Waals surface area contributed by atoms with E-state index < -0.39 is 0 Å². The van der Waals surface area contributed by atoms with Crippen LogP contribution >= 0.6 is 0 Å². The molecule has 156 valence electrons. The van der Waals surface area contributed by atoms with Gasteiger partial charge >= 0.3 is 0 Å². The molecule has 0 radical (unpaired) electrons. The molecule has 1 aliphatic heterocycles. The van der Waals surface area contributed by atoms with Gasteiger partial charge in [0.15, 0.2) is 0 Å². The maximum absolute atomic E-state index is 12.5. The summed E-state index contributed by atoms with van der Waals surface area (Å²) < 4.78 is 10.7. The Hall–Kier alpha value is -2.73. The number of methoxy groups -OCH3 is 2. The van der Waals surface area contributed by atoms with Crippen molar-refractivity contribution in [2.45, 2.75) is 26.3 Å². The van der Waals surface area contributed by atoms with E-state index in [9.17, 15) is 4.79 Å². The van der Waals surface area contributed by atoms with Gasteiger partial charge in [-0.2, -0.15) is 0 Å². The molecule has 0 atom stereocenters. The zero-order valence-corrected chi connectivity index (χ0v) is 17.8. The first kappa shape index (κ1) is 21.0. The fourth-order valence-corrected chi connectivity index (χ4v) is 3.72. The molecule has 2 aromatic carbocycles. The van der Waals surface area contributed by atoms with E-state index >= 15 is 0 Å². The van der Waals surface area contributed by atoms with Gasteiger partial charge in [-0.1, -0.05) is 6.07 Å². The number of nitrogens with zero attached hydrogens (tertiary/aromatic N) is 2. The third-order valence-corrected chi connectivity index (χ3v) is 5.30. The summed E-state index contributed by atoms with van der Waals surface area (Å²) in [6.07, 6.45) is 2.51. The Bertz CT molecular complexity index is 847. The smallest absolute Gasteiger partial charge is 0.238 e. The number of hydrogen-bond donors (Lipinski definition) is 1. The fraction of sp³-hybridized carbons (Fsp3) is 0.435. The molecule has 0 bridgehead atoms. The van der Waals surface area contributed by atoms with Gasteiger partial charge in [0.2, 0.25) is 5.91 Å². The van der Waals surface area contributed by atoms with Crippen molar-refractivity contribution < 1.29 is 14.3 Å². The molecule has 1 amide bonds. The Labute approximate surface area is 173 Å². The van der Waals surface area contributed by atoms with Crippen molar-refractivity contribution in [2.75, 3.05) is 51.1 Å². The normalized spacial score (nSPS) is 13.6. The van der Waals surface area contributed by atoms with E-state index in [1.54, 1.807) is 14.2 Å². The van der Waals surface area contributed by atoms with Crippen LogP contribution < -0.4 is 19.7 Å². The summed E-state index contributed by atoms with van der Waals surface area (Å²) in [6, 6.07) is 12.0. The first-order valence-corrected chi connectivity index (χ1v) is 10.0. The van der Waals surface area contributed by atoms with Crippen LogP contribution in [-0.2, 0) is 11.3 Å². The summed E-state index contributed by atoms with van der Waals surface area (Å²) in [4.78, 5) is 16.9. The summed E-state index contributed by atoms with van der Waals surface area (Å²) in [5.74, 6) is 1.47. The van der Waals surface area contributed by atoms with Crippen LogP contribution in [0.15, 0.2) is 36.4 Å². The van der Waals surface area contributed by atoms with Crippen molar-refractivity contribution in [3.8, 4) is 11.5 Å². The van der Waals surface area contributed by atoms with Crippen molar-refractivity contribution in [1.29, 1.82) is 0 Å². The first-order valence-electron chi connectivity index (χ1n) is 10.0. The zero-order valence-electron chi connectivity index (χ0n) is 17.8. The van der Waals surface area contributed by atoms with E-state index in [0.29, 0.717) is 13.1 Å². The van der Waals surface area contributed by atoms with Gasteiger partial charge in [-0.15, -0.1) is 0 Å². The topological polar surface area (TPSA) is 54.0 Å². The molecule has 1 heterocycles. The Morgan fingerprint density at radius 3 is 2.52 bits per heavy atom. The van der Waals surface area contributed by atoms with Crippen molar-refractivity contribution in [3.63, 3.8) is 0 Å². The van der Waals surface area contributed by atoms with Crippen LogP contribution in [0.1, 0.15) is 24.0 Å². The van der Waals surface area contributed by atoms with Gasteiger partial charge in [0, 0.05) is 42.6 Å².